The maximum Gasteiger partial charge on any atom is 2.00 e. The Labute approximate surface area is 348 Å². The number of rotatable bonds is 6. The number of carbonyl (C=O) groups is 1. The normalized spacial score (nSPS) is 23.3. The minimum absolute atomic E-state index is 0. The van der Waals surface area contributed by atoms with Gasteiger partial charge in [-0.3, -0.25) is 9.88 Å². The maximum atomic E-state index is 17.1. The number of hydrogen-bond acceptors (Lipinski definition) is 14. The van der Waals surface area contributed by atoms with Crippen LogP contribution in [0.3, 0.4) is 0 Å². The molecular formula is C40H46F2MnN6O8S. The van der Waals surface area contributed by atoms with Crippen LogP contribution in [0.1, 0.15) is 71.8 Å². The van der Waals surface area contributed by atoms with E-state index in [1.54, 1.807) is 32.9 Å². The van der Waals surface area contributed by atoms with E-state index in [2.05, 4.69) is 24.9 Å². The molecule has 3 saturated heterocycles. The number of ether oxygens (including phenoxy) is 3. The fraction of sp³-hybridized carbons (Fsp3) is 0.525. The third-order valence-corrected chi connectivity index (χ3v) is 11.2. The Bertz CT molecular complexity index is 2250. The topological polar surface area (TPSA) is 162 Å². The standard InChI is InChI=1S/C35H37F2N6O6S.C5H9O2.Mn/c1-34-9-4-11-42(19-34)31-26-17-38-29(28(37)30(26)39-32(40-31)48-20-35-10-5-12-43(35)18-23(36)16-35)25-15-24(49-50(45)46)14-22-7-2-6-21(27(22)25)8-3-13-47-33(44)41-34;1-5(2,3)7-4-6;/h2,6-7,14-15,17,23H,3-5,8-13,16,18-20H2,1H3,(H,41,44);1-3H3;/q2*-1;+2/t23-,34-,35+;;/m1../s1. The average molecular weight is 864 g/mol. The average Bonchev–Trinajstić information content (AvgIpc) is 3.67. The molecule has 18 heteroatoms. The number of fused-ring (bicyclic) bond motifs is 7. The Balaban J connectivity index is 0.000000652. The smallest absolute Gasteiger partial charge is 0.649 e. The van der Waals surface area contributed by atoms with E-state index in [9.17, 15) is 22.4 Å². The van der Waals surface area contributed by atoms with Crippen LogP contribution in [0.2, 0.25) is 0 Å². The zero-order chi connectivity index (χ0) is 40.5. The van der Waals surface area contributed by atoms with Crippen molar-refractivity contribution in [1.29, 1.82) is 0 Å². The van der Waals surface area contributed by atoms with Gasteiger partial charge in [-0.1, -0.05) is 24.7 Å². The van der Waals surface area contributed by atoms with Gasteiger partial charge in [0, 0.05) is 37.8 Å². The summed E-state index contributed by atoms with van der Waals surface area (Å²) >= 11 is 0. The van der Waals surface area contributed by atoms with Gasteiger partial charge < -0.3 is 41.8 Å². The summed E-state index contributed by atoms with van der Waals surface area (Å²) in [5, 5.41) is 4.65. The predicted octanol–water partition coefficient (Wildman–Crippen LogP) is 6.44. The molecule has 2 aromatic carbocycles. The first-order valence-corrected chi connectivity index (χ1v) is 20.1. The Morgan fingerprint density at radius 2 is 1.91 bits per heavy atom. The molecule has 1 radical (unpaired) electrons. The first-order valence-electron chi connectivity index (χ1n) is 19.1. The number of halogens is 2. The summed E-state index contributed by atoms with van der Waals surface area (Å²) in [4.78, 5) is 40.6. The first-order chi connectivity index (χ1) is 27.2. The van der Waals surface area contributed by atoms with Crippen molar-refractivity contribution in [3.8, 4) is 23.0 Å². The van der Waals surface area contributed by atoms with E-state index >= 15 is 4.39 Å². The summed E-state index contributed by atoms with van der Waals surface area (Å²) in [6.45, 7) is 11.1. The second-order valence-electron chi connectivity index (χ2n) is 16.4. The quantitative estimate of drug-likeness (QED) is 0.128. The second kappa shape index (κ2) is 17.5. The molecule has 58 heavy (non-hydrogen) atoms. The summed E-state index contributed by atoms with van der Waals surface area (Å²) in [6, 6.07) is 8.47. The van der Waals surface area contributed by atoms with E-state index < -0.39 is 40.1 Å². The summed E-state index contributed by atoms with van der Waals surface area (Å²) in [6.07, 6.45) is 4.49. The molecule has 4 aromatic rings. The number of aryl methyl sites for hydroxylation is 1. The maximum absolute atomic E-state index is 17.1. The molecule has 1 amide bonds. The molecule has 0 unspecified atom stereocenters. The molecule has 7 heterocycles. The van der Waals surface area contributed by atoms with E-state index in [1.165, 1.54) is 18.7 Å². The van der Waals surface area contributed by atoms with Crippen LogP contribution in [-0.4, -0.2) is 94.7 Å². The van der Waals surface area contributed by atoms with Crippen molar-refractivity contribution in [2.45, 2.75) is 95.5 Å². The Morgan fingerprint density at radius 1 is 1.12 bits per heavy atom. The number of pyridine rings is 1. The number of hydrogen-bond donors (Lipinski definition) is 1. The van der Waals surface area contributed by atoms with Gasteiger partial charge in [-0.25, -0.2) is 13.6 Å². The third kappa shape index (κ3) is 9.40. The largest absolute Gasteiger partial charge is 2.00 e. The van der Waals surface area contributed by atoms with Crippen LogP contribution in [-0.2, 0) is 57.2 Å². The number of benzene rings is 2. The predicted molar refractivity (Wildman–Crippen MR) is 207 cm³/mol. The van der Waals surface area contributed by atoms with Crippen LogP contribution in [0.4, 0.5) is 19.4 Å². The minimum Gasteiger partial charge on any atom is -0.649 e. The molecule has 5 aliphatic rings. The fourth-order valence-electron chi connectivity index (χ4n) is 8.52. The van der Waals surface area contributed by atoms with Crippen LogP contribution in [0.25, 0.3) is 32.9 Å². The van der Waals surface area contributed by atoms with Crippen molar-refractivity contribution in [3.05, 3.63) is 47.9 Å². The molecule has 9 rings (SSSR count). The van der Waals surface area contributed by atoms with Gasteiger partial charge in [-0.15, -0.1) is 0 Å². The molecule has 6 bridgehead atoms. The van der Waals surface area contributed by atoms with Crippen molar-refractivity contribution in [3.63, 3.8) is 0 Å². The summed E-state index contributed by atoms with van der Waals surface area (Å²) in [7, 11) is -2.87. The van der Waals surface area contributed by atoms with Gasteiger partial charge in [0.1, 0.15) is 46.5 Å². The van der Waals surface area contributed by atoms with E-state index in [0.29, 0.717) is 79.3 Å². The molecule has 311 valence electrons. The molecule has 3 fully saturated rings. The number of carbonyl (C=O) groups excluding carboxylic acids is 2. The second-order valence-corrected chi connectivity index (χ2v) is 17.0. The molecule has 2 aromatic heterocycles. The number of nitrogens with zero attached hydrogens (tertiary/aromatic N) is 5. The van der Waals surface area contributed by atoms with Gasteiger partial charge in [-0.2, -0.15) is 9.97 Å². The van der Waals surface area contributed by atoms with Crippen LogP contribution < -0.4 is 19.1 Å². The molecular weight excluding hydrogens is 817 g/mol. The van der Waals surface area contributed by atoms with Gasteiger partial charge in [0.05, 0.1) is 28.7 Å². The summed E-state index contributed by atoms with van der Waals surface area (Å²) in [5.41, 5.74) is -0.458. The van der Waals surface area contributed by atoms with E-state index in [0.717, 1.165) is 24.9 Å². The van der Waals surface area contributed by atoms with Crippen molar-refractivity contribution in [2.75, 3.05) is 44.3 Å². The van der Waals surface area contributed by atoms with Crippen LogP contribution >= 0.6 is 0 Å². The van der Waals surface area contributed by atoms with E-state index in [-0.39, 0.29) is 58.9 Å². The van der Waals surface area contributed by atoms with Crippen LogP contribution in [0.15, 0.2) is 36.5 Å². The zero-order valence-corrected chi connectivity index (χ0v) is 34.8. The van der Waals surface area contributed by atoms with Gasteiger partial charge in [0.2, 0.25) is 0 Å². The summed E-state index contributed by atoms with van der Waals surface area (Å²) in [5.74, 6) is -0.347. The van der Waals surface area contributed by atoms with Gasteiger partial charge in [0.15, 0.2) is 5.82 Å². The number of nitrogens with one attached hydrogen (secondary N) is 1. The van der Waals surface area contributed by atoms with Crippen molar-refractivity contribution in [2.24, 2.45) is 0 Å². The summed E-state index contributed by atoms with van der Waals surface area (Å²) < 4.78 is 76.2. The molecule has 0 aliphatic carbocycles. The number of alkyl halides is 1. The van der Waals surface area contributed by atoms with Gasteiger partial charge in [0.25, 0.3) is 0 Å². The third-order valence-electron chi connectivity index (χ3n) is 10.9. The zero-order valence-electron chi connectivity index (χ0n) is 32.8. The fourth-order valence-corrected chi connectivity index (χ4v) is 8.77. The number of alkyl carbamates (subject to hydrolysis) is 1. The van der Waals surface area contributed by atoms with Crippen molar-refractivity contribution < 1.29 is 62.3 Å². The van der Waals surface area contributed by atoms with Crippen LogP contribution in [0.5, 0.6) is 11.8 Å². The van der Waals surface area contributed by atoms with Crippen molar-refractivity contribution in [1.82, 2.24) is 25.2 Å². The molecule has 3 atom stereocenters. The monoisotopic (exact) mass is 863 g/mol. The molecule has 0 saturated carbocycles. The van der Waals surface area contributed by atoms with Gasteiger partial charge in [-0.05, 0) is 101 Å². The minimum atomic E-state index is -2.87. The van der Waals surface area contributed by atoms with Crippen molar-refractivity contribution >= 4 is 51.0 Å². The van der Waals surface area contributed by atoms with Gasteiger partial charge >= 0.3 is 29.2 Å². The first kappa shape index (κ1) is 43.2. The SMILES string of the molecule is CC(C)(C)O[C-]=O.C[C@@]12CCCN(C1)c1nc(OC[C@@]34CCCN3C[C@H](F)C4)nc3c(F)c(ncc13)-c1cc(O[S-](=O)=O)cc3cccc(c13)CCCOC(=O)N2.[Mn+2]. The Kier molecular flexibility index (Phi) is 13.0. The van der Waals surface area contributed by atoms with Crippen LogP contribution in [0, 0.1) is 5.82 Å². The molecule has 1 N–H and O–H groups in total. The number of anilines is 1. The molecule has 0 spiro atoms. The number of piperidine rings is 1. The number of aromatic nitrogens is 3. The van der Waals surface area contributed by atoms with E-state index in [4.69, 9.17) is 18.6 Å². The van der Waals surface area contributed by atoms with E-state index in [1.807, 2.05) is 24.0 Å². The Morgan fingerprint density at radius 3 is 2.66 bits per heavy atom. The number of amides is 1. The molecule has 5 aliphatic heterocycles. The Hall–Kier alpha value is -4.38. The molecule has 14 nitrogen and oxygen atoms in total.